The Morgan fingerprint density at radius 2 is 1.60 bits per heavy atom. The molecule has 35 heavy (non-hydrogen) atoms. The van der Waals surface area contributed by atoms with Gasteiger partial charge < -0.3 is 15.4 Å². The van der Waals surface area contributed by atoms with Crippen molar-refractivity contribution in [2.75, 3.05) is 17.2 Å². The SMILES string of the molecule is CCOc1ccc(S(=O)(=O)N[C@@H](Cc2ccccc2)C(=O)Nc2cccc(NC(C)=O)c2)cc1C. The van der Waals surface area contributed by atoms with E-state index in [0.29, 0.717) is 29.3 Å². The Bertz CT molecular complexity index is 1290. The van der Waals surface area contributed by atoms with Gasteiger partial charge >= 0.3 is 0 Å². The molecule has 3 aromatic carbocycles. The van der Waals surface area contributed by atoms with Crippen molar-refractivity contribution in [2.45, 2.75) is 38.1 Å². The Morgan fingerprint density at radius 3 is 2.23 bits per heavy atom. The number of ether oxygens (including phenoxy) is 1. The standard InChI is InChI=1S/C26H29N3O5S/c1-4-34-25-14-13-23(15-18(25)2)35(32,33)29-24(16-20-9-6-5-7-10-20)26(31)28-22-12-8-11-21(17-22)27-19(3)30/h5-15,17,24,29H,4,16H2,1-3H3,(H,27,30)(H,28,31)/t24-/m0/s1. The number of amides is 2. The summed E-state index contributed by atoms with van der Waals surface area (Å²) in [5.41, 5.74) is 2.41. The first kappa shape index (κ1) is 25.9. The second-order valence-electron chi connectivity index (χ2n) is 7.98. The Balaban J connectivity index is 1.86. The molecule has 9 heteroatoms. The van der Waals surface area contributed by atoms with Crippen LogP contribution in [-0.2, 0) is 26.0 Å². The topological polar surface area (TPSA) is 114 Å². The molecule has 0 aromatic heterocycles. The summed E-state index contributed by atoms with van der Waals surface area (Å²) in [7, 11) is -4.02. The summed E-state index contributed by atoms with van der Waals surface area (Å²) < 4.78 is 34.5. The maximum absolute atomic E-state index is 13.2. The van der Waals surface area contributed by atoms with E-state index in [-0.39, 0.29) is 17.2 Å². The normalized spacial score (nSPS) is 12.0. The van der Waals surface area contributed by atoms with E-state index < -0.39 is 22.0 Å². The van der Waals surface area contributed by atoms with Gasteiger partial charge in [-0.05, 0) is 67.8 Å². The summed E-state index contributed by atoms with van der Waals surface area (Å²) in [6.45, 7) is 5.47. The number of carbonyl (C=O) groups excluding carboxylic acids is 2. The van der Waals surface area contributed by atoms with Gasteiger partial charge in [-0.3, -0.25) is 9.59 Å². The molecular weight excluding hydrogens is 466 g/mol. The quantitative estimate of drug-likeness (QED) is 0.395. The molecule has 0 saturated carbocycles. The van der Waals surface area contributed by atoms with Gasteiger partial charge in [0.15, 0.2) is 0 Å². The van der Waals surface area contributed by atoms with Gasteiger partial charge in [-0.2, -0.15) is 4.72 Å². The van der Waals surface area contributed by atoms with E-state index in [9.17, 15) is 18.0 Å². The molecule has 0 aliphatic carbocycles. The first-order valence-electron chi connectivity index (χ1n) is 11.2. The van der Waals surface area contributed by atoms with E-state index >= 15 is 0 Å². The second-order valence-corrected chi connectivity index (χ2v) is 9.69. The Labute approximate surface area is 205 Å². The lowest BCUT2D eigenvalue weighted by atomic mass is 10.1. The number of aryl methyl sites for hydroxylation is 1. The molecule has 2 amide bonds. The number of anilines is 2. The second kappa shape index (κ2) is 11.6. The van der Waals surface area contributed by atoms with Crippen LogP contribution >= 0.6 is 0 Å². The minimum atomic E-state index is -4.02. The Kier molecular flexibility index (Phi) is 8.62. The molecule has 0 radical (unpaired) electrons. The summed E-state index contributed by atoms with van der Waals surface area (Å²) in [6.07, 6.45) is 0.146. The number of rotatable bonds is 10. The first-order chi connectivity index (χ1) is 16.7. The van der Waals surface area contributed by atoms with E-state index in [1.165, 1.54) is 19.1 Å². The third-order valence-corrected chi connectivity index (χ3v) is 6.57. The predicted octanol–water partition coefficient (Wildman–Crippen LogP) is 3.88. The molecule has 3 N–H and O–H groups in total. The van der Waals surface area contributed by atoms with Gasteiger partial charge in [-0.25, -0.2) is 8.42 Å². The zero-order valence-corrected chi connectivity index (χ0v) is 20.7. The van der Waals surface area contributed by atoms with Gasteiger partial charge in [-0.1, -0.05) is 36.4 Å². The molecule has 0 saturated heterocycles. The van der Waals surface area contributed by atoms with Crippen molar-refractivity contribution >= 4 is 33.2 Å². The van der Waals surface area contributed by atoms with Crippen LogP contribution in [0.1, 0.15) is 25.0 Å². The van der Waals surface area contributed by atoms with Crippen molar-refractivity contribution in [3.8, 4) is 5.75 Å². The summed E-state index contributed by atoms with van der Waals surface area (Å²) >= 11 is 0. The highest BCUT2D eigenvalue weighted by molar-refractivity contribution is 7.89. The van der Waals surface area contributed by atoms with Crippen LogP contribution in [0.3, 0.4) is 0 Å². The summed E-state index contributed by atoms with van der Waals surface area (Å²) in [5, 5.41) is 5.40. The molecular formula is C26H29N3O5S. The number of hydrogen-bond acceptors (Lipinski definition) is 5. The third kappa shape index (κ3) is 7.40. The lowest BCUT2D eigenvalue weighted by Crippen LogP contribution is -2.45. The predicted molar refractivity (Wildman–Crippen MR) is 136 cm³/mol. The van der Waals surface area contributed by atoms with Crippen LogP contribution in [0, 0.1) is 6.92 Å². The highest BCUT2D eigenvalue weighted by Gasteiger charge is 2.27. The summed E-state index contributed by atoms with van der Waals surface area (Å²) in [4.78, 5) is 24.6. The fourth-order valence-corrected chi connectivity index (χ4v) is 4.79. The van der Waals surface area contributed by atoms with Crippen LogP contribution in [-0.4, -0.2) is 32.9 Å². The van der Waals surface area contributed by atoms with Crippen molar-refractivity contribution < 1.29 is 22.7 Å². The van der Waals surface area contributed by atoms with E-state index in [4.69, 9.17) is 4.74 Å². The van der Waals surface area contributed by atoms with Crippen LogP contribution in [0.4, 0.5) is 11.4 Å². The highest BCUT2D eigenvalue weighted by Crippen LogP contribution is 2.22. The van der Waals surface area contributed by atoms with Crippen molar-refractivity contribution in [3.05, 3.63) is 83.9 Å². The van der Waals surface area contributed by atoms with Gasteiger partial charge in [0, 0.05) is 18.3 Å². The largest absolute Gasteiger partial charge is 0.494 e. The van der Waals surface area contributed by atoms with Gasteiger partial charge in [0.05, 0.1) is 11.5 Å². The Hall–Kier alpha value is -3.69. The molecule has 0 aliphatic rings. The van der Waals surface area contributed by atoms with Crippen molar-refractivity contribution in [1.82, 2.24) is 4.72 Å². The summed E-state index contributed by atoms with van der Waals surface area (Å²) in [5.74, 6) is -0.169. The minimum Gasteiger partial charge on any atom is -0.494 e. The maximum atomic E-state index is 13.2. The van der Waals surface area contributed by atoms with Crippen molar-refractivity contribution in [3.63, 3.8) is 0 Å². The van der Waals surface area contributed by atoms with Crippen molar-refractivity contribution in [2.24, 2.45) is 0 Å². The maximum Gasteiger partial charge on any atom is 0.242 e. The zero-order valence-electron chi connectivity index (χ0n) is 19.9. The zero-order chi connectivity index (χ0) is 25.4. The lowest BCUT2D eigenvalue weighted by molar-refractivity contribution is -0.117. The molecule has 8 nitrogen and oxygen atoms in total. The van der Waals surface area contributed by atoms with E-state index in [1.54, 1.807) is 37.3 Å². The summed E-state index contributed by atoms with van der Waals surface area (Å²) in [6, 6.07) is 19.3. The molecule has 0 heterocycles. The number of carbonyl (C=O) groups is 2. The van der Waals surface area contributed by atoms with Crippen LogP contribution in [0.5, 0.6) is 5.75 Å². The van der Waals surface area contributed by atoms with Gasteiger partial charge in [0.1, 0.15) is 11.8 Å². The molecule has 3 rings (SSSR count). The van der Waals surface area contributed by atoms with Crippen LogP contribution in [0.25, 0.3) is 0 Å². The lowest BCUT2D eigenvalue weighted by Gasteiger charge is -2.19. The molecule has 1 atom stereocenters. The van der Waals surface area contributed by atoms with Crippen LogP contribution in [0.15, 0.2) is 77.7 Å². The average Bonchev–Trinajstić information content (AvgIpc) is 2.80. The third-order valence-electron chi connectivity index (χ3n) is 5.10. The molecule has 3 aromatic rings. The molecule has 0 aliphatic heterocycles. The van der Waals surface area contributed by atoms with Crippen LogP contribution in [0.2, 0.25) is 0 Å². The fraction of sp³-hybridized carbons (Fsp3) is 0.231. The Morgan fingerprint density at radius 1 is 0.914 bits per heavy atom. The monoisotopic (exact) mass is 495 g/mol. The van der Waals surface area contributed by atoms with E-state index in [0.717, 1.165) is 5.56 Å². The number of sulfonamides is 1. The smallest absolute Gasteiger partial charge is 0.242 e. The number of benzene rings is 3. The molecule has 184 valence electrons. The van der Waals surface area contributed by atoms with Gasteiger partial charge in [0.25, 0.3) is 0 Å². The fourth-order valence-electron chi connectivity index (χ4n) is 3.51. The molecule has 0 bridgehead atoms. The number of nitrogens with one attached hydrogen (secondary N) is 3. The van der Waals surface area contributed by atoms with Crippen molar-refractivity contribution in [1.29, 1.82) is 0 Å². The number of hydrogen-bond donors (Lipinski definition) is 3. The first-order valence-corrected chi connectivity index (χ1v) is 12.6. The minimum absolute atomic E-state index is 0.0389. The van der Waals surface area contributed by atoms with Gasteiger partial charge in [0.2, 0.25) is 21.8 Å². The molecule has 0 spiro atoms. The van der Waals surface area contributed by atoms with E-state index in [1.807, 2.05) is 37.3 Å². The van der Waals surface area contributed by atoms with Gasteiger partial charge in [-0.15, -0.1) is 0 Å². The van der Waals surface area contributed by atoms with E-state index in [2.05, 4.69) is 15.4 Å². The van der Waals surface area contributed by atoms with Crippen LogP contribution < -0.4 is 20.1 Å². The molecule has 0 unspecified atom stereocenters. The molecule has 0 fully saturated rings. The average molecular weight is 496 g/mol. The highest BCUT2D eigenvalue weighted by atomic mass is 32.2.